The minimum atomic E-state index is -0.0455. The molecule has 80 valence electrons. The van der Waals surface area contributed by atoms with Crippen LogP contribution in [0.15, 0.2) is 35.4 Å². The Bertz CT molecular complexity index is 690. The van der Waals surface area contributed by atoms with Crippen molar-refractivity contribution in [1.82, 2.24) is 19.5 Å². The third kappa shape index (κ3) is 1.11. The van der Waals surface area contributed by atoms with Crippen molar-refractivity contribution in [2.75, 3.05) is 0 Å². The van der Waals surface area contributed by atoms with Crippen molar-refractivity contribution in [2.45, 2.75) is 0 Å². The molecule has 0 radical (unpaired) electrons. The molecule has 0 saturated heterocycles. The minimum Gasteiger partial charge on any atom is -0.359 e. The number of aromatic amines is 2. The number of hydrogen-bond acceptors (Lipinski definition) is 2. The Kier molecular flexibility index (Phi) is 1.73. The fourth-order valence-corrected chi connectivity index (χ4v) is 1.79. The number of nitrogens with zero attached hydrogens (tertiary/aromatic N) is 2. The summed E-state index contributed by atoms with van der Waals surface area (Å²) in [5, 5.41) is 0.609. The monoisotopic (exact) mass is 214 g/mol. The fraction of sp³-hybridized carbons (Fsp3) is 0.0909. The van der Waals surface area contributed by atoms with E-state index < -0.39 is 0 Å². The van der Waals surface area contributed by atoms with Crippen LogP contribution in [0.5, 0.6) is 0 Å². The molecular formula is C11H10N4O. The molecule has 0 amide bonds. The third-order valence-electron chi connectivity index (χ3n) is 2.63. The summed E-state index contributed by atoms with van der Waals surface area (Å²) in [5.74, 6) is 0.630. The predicted molar refractivity (Wildman–Crippen MR) is 61.1 cm³/mol. The maximum absolute atomic E-state index is 12.0. The van der Waals surface area contributed by atoms with E-state index in [1.807, 2.05) is 12.1 Å². The van der Waals surface area contributed by atoms with Gasteiger partial charge in [-0.3, -0.25) is 9.36 Å². The average Bonchev–Trinajstić information content (AvgIpc) is 2.92. The van der Waals surface area contributed by atoms with Crippen molar-refractivity contribution in [3.8, 4) is 11.5 Å². The van der Waals surface area contributed by atoms with Crippen molar-refractivity contribution in [1.29, 1.82) is 0 Å². The third-order valence-corrected chi connectivity index (χ3v) is 2.63. The van der Waals surface area contributed by atoms with Crippen molar-refractivity contribution >= 4 is 11.0 Å². The molecule has 5 nitrogen and oxygen atoms in total. The van der Waals surface area contributed by atoms with Crippen LogP contribution in [0.4, 0.5) is 0 Å². The summed E-state index contributed by atoms with van der Waals surface area (Å²) in [7, 11) is 1.72. The summed E-state index contributed by atoms with van der Waals surface area (Å²) in [5.41, 5.74) is 1.40. The molecule has 0 aliphatic rings. The Morgan fingerprint density at radius 3 is 2.88 bits per heavy atom. The van der Waals surface area contributed by atoms with Crippen molar-refractivity contribution in [3.05, 3.63) is 40.9 Å². The van der Waals surface area contributed by atoms with E-state index in [2.05, 4.69) is 15.0 Å². The van der Waals surface area contributed by atoms with Gasteiger partial charge in [0.15, 0.2) is 5.82 Å². The smallest absolute Gasteiger partial charge is 0.263 e. The average molecular weight is 214 g/mol. The van der Waals surface area contributed by atoms with Crippen LogP contribution in [-0.2, 0) is 7.05 Å². The van der Waals surface area contributed by atoms with Crippen LogP contribution in [0.3, 0.4) is 0 Å². The molecule has 3 aromatic rings. The predicted octanol–water partition coefficient (Wildman–Crippen LogP) is 1.26. The van der Waals surface area contributed by atoms with Gasteiger partial charge in [-0.25, -0.2) is 4.98 Å². The second-order valence-electron chi connectivity index (χ2n) is 3.62. The van der Waals surface area contributed by atoms with Crippen molar-refractivity contribution < 1.29 is 0 Å². The molecule has 16 heavy (non-hydrogen) atoms. The number of hydrogen-bond donors (Lipinski definition) is 2. The van der Waals surface area contributed by atoms with Crippen LogP contribution in [0.25, 0.3) is 22.6 Å². The highest BCUT2D eigenvalue weighted by Crippen LogP contribution is 2.14. The van der Waals surface area contributed by atoms with Crippen LogP contribution in [0.2, 0.25) is 0 Å². The van der Waals surface area contributed by atoms with Crippen molar-refractivity contribution in [3.63, 3.8) is 0 Å². The van der Waals surface area contributed by atoms with Gasteiger partial charge in [-0.2, -0.15) is 0 Å². The molecular weight excluding hydrogens is 204 g/mol. The molecule has 0 bridgehead atoms. The first-order chi connectivity index (χ1) is 7.77. The van der Waals surface area contributed by atoms with Gasteiger partial charge in [-0.15, -0.1) is 0 Å². The van der Waals surface area contributed by atoms with E-state index in [9.17, 15) is 4.79 Å². The summed E-state index contributed by atoms with van der Waals surface area (Å²) < 4.78 is 1.54. The molecule has 0 spiro atoms. The van der Waals surface area contributed by atoms with Crippen LogP contribution < -0.4 is 5.56 Å². The van der Waals surface area contributed by atoms with Crippen LogP contribution in [-0.4, -0.2) is 19.5 Å². The maximum Gasteiger partial charge on any atom is 0.263 e. The van der Waals surface area contributed by atoms with Gasteiger partial charge in [-0.05, 0) is 18.2 Å². The van der Waals surface area contributed by atoms with Gasteiger partial charge in [0.25, 0.3) is 5.56 Å². The first-order valence-electron chi connectivity index (χ1n) is 4.95. The Morgan fingerprint density at radius 2 is 2.12 bits per heavy atom. The lowest BCUT2D eigenvalue weighted by atomic mass is 10.3. The normalized spacial score (nSPS) is 11.1. The summed E-state index contributed by atoms with van der Waals surface area (Å²) in [6, 6.07) is 5.50. The molecule has 0 aromatic carbocycles. The van der Waals surface area contributed by atoms with Gasteiger partial charge in [0.05, 0.1) is 11.1 Å². The Balaban J connectivity index is 2.42. The highest BCUT2D eigenvalue weighted by atomic mass is 16.1. The second kappa shape index (κ2) is 3.10. The molecule has 0 fully saturated rings. The quantitative estimate of drug-likeness (QED) is 0.640. The highest BCUT2D eigenvalue weighted by molar-refractivity contribution is 5.76. The van der Waals surface area contributed by atoms with E-state index >= 15 is 0 Å². The molecule has 0 aliphatic carbocycles. The zero-order valence-corrected chi connectivity index (χ0v) is 8.69. The van der Waals surface area contributed by atoms with Gasteiger partial charge in [0.1, 0.15) is 5.65 Å². The molecule has 0 aliphatic heterocycles. The van der Waals surface area contributed by atoms with Gasteiger partial charge in [0.2, 0.25) is 0 Å². The number of nitrogens with one attached hydrogen (secondary N) is 2. The molecule has 3 rings (SSSR count). The summed E-state index contributed by atoms with van der Waals surface area (Å²) in [6.45, 7) is 0. The van der Waals surface area contributed by atoms with E-state index in [0.29, 0.717) is 16.9 Å². The number of H-pyrrole nitrogens is 2. The van der Waals surface area contributed by atoms with E-state index in [0.717, 1.165) is 5.69 Å². The van der Waals surface area contributed by atoms with Gasteiger partial charge >= 0.3 is 0 Å². The van der Waals surface area contributed by atoms with E-state index in [1.54, 1.807) is 30.1 Å². The van der Waals surface area contributed by atoms with Gasteiger partial charge in [0, 0.05) is 19.4 Å². The Hall–Kier alpha value is -2.30. The van der Waals surface area contributed by atoms with Gasteiger partial charge < -0.3 is 9.97 Å². The SMILES string of the molecule is Cn1c(-c2ccc[nH]2)nc2[nH]ccc2c1=O. The molecule has 5 heteroatoms. The molecule has 0 atom stereocenters. The van der Waals surface area contributed by atoms with Crippen LogP contribution in [0.1, 0.15) is 0 Å². The highest BCUT2D eigenvalue weighted by Gasteiger charge is 2.10. The summed E-state index contributed by atoms with van der Waals surface area (Å²) in [4.78, 5) is 22.4. The zero-order chi connectivity index (χ0) is 11.1. The van der Waals surface area contributed by atoms with Gasteiger partial charge in [-0.1, -0.05) is 0 Å². The first kappa shape index (κ1) is 8.96. The first-order valence-corrected chi connectivity index (χ1v) is 4.95. The maximum atomic E-state index is 12.0. The van der Waals surface area contributed by atoms with Crippen molar-refractivity contribution in [2.24, 2.45) is 7.05 Å². The standard InChI is InChI=1S/C11H10N4O/c1-15-10(8-3-2-5-12-8)14-9-7(11(15)16)4-6-13-9/h2-6,12-13H,1H3. The topological polar surface area (TPSA) is 66.5 Å². The fourth-order valence-electron chi connectivity index (χ4n) is 1.79. The van der Waals surface area contributed by atoms with Crippen LogP contribution in [0, 0.1) is 0 Å². The van der Waals surface area contributed by atoms with E-state index in [4.69, 9.17) is 0 Å². The Labute approximate surface area is 90.8 Å². The largest absolute Gasteiger partial charge is 0.359 e. The molecule has 2 N–H and O–H groups in total. The van der Waals surface area contributed by atoms with E-state index in [-0.39, 0.29) is 5.56 Å². The minimum absolute atomic E-state index is 0.0455. The molecule has 0 unspecified atom stereocenters. The zero-order valence-electron chi connectivity index (χ0n) is 8.69. The second-order valence-corrected chi connectivity index (χ2v) is 3.62. The number of fused-ring (bicyclic) bond motifs is 1. The number of aromatic nitrogens is 4. The lowest BCUT2D eigenvalue weighted by Crippen LogP contribution is -2.19. The van der Waals surface area contributed by atoms with E-state index in [1.165, 1.54) is 0 Å². The summed E-state index contributed by atoms with van der Waals surface area (Å²) >= 11 is 0. The molecule has 3 heterocycles. The lowest BCUT2D eigenvalue weighted by Gasteiger charge is -2.05. The molecule has 3 aromatic heterocycles. The lowest BCUT2D eigenvalue weighted by molar-refractivity contribution is 0.850. The Morgan fingerprint density at radius 1 is 1.25 bits per heavy atom. The molecule has 0 saturated carbocycles. The number of rotatable bonds is 1. The van der Waals surface area contributed by atoms with Crippen LogP contribution >= 0.6 is 0 Å². The summed E-state index contributed by atoms with van der Waals surface area (Å²) in [6.07, 6.45) is 3.53.